The lowest BCUT2D eigenvalue weighted by molar-refractivity contribution is -0.267. The molecule has 178 valence electrons. The fourth-order valence-corrected chi connectivity index (χ4v) is 5.50. The van der Waals surface area contributed by atoms with E-state index >= 15 is 0 Å². The summed E-state index contributed by atoms with van der Waals surface area (Å²) in [6, 6.07) is 11.2. The molecule has 10 heteroatoms. The van der Waals surface area contributed by atoms with Crippen LogP contribution < -0.4 is 4.74 Å². The second-order valence-corrected chi connectivity index (χ2v) is 9.57. The van der Waals surface area contributed by atoms with Crippen LogP contribution in [-0.2, 0) is 10.5 Å². The summed E-state index contributed by atoms with van der Waals surface area (Å²) < 4.78 is 24.4. The molecule has 34 heavy (non-hydrogen) atoms. The number of hydrogen-bond acceptors (Lipinski definition) is 7. The Morgan fingerprint density at radius 3 is 2.85 bits per heavy atom. The summed E-state index contributed by atoms with van der Waals surface area (Å²) in [5.74, 6) is -1.56. The number of carbonyl (C=O) groups excluding carboxylic acids is 1. The average Bonchev–Trinajstić information content (AvgIpc) is 3.35. The summed E-state index contributed by atoms with van der Waals surface area (Å²) in [5.41, 5.74) is 1.61. The van der Waals surface area contributed by atoms with Crippen LogP contribution in [0.5, 0.6) is 5.75 Å². The summed E-state index contributed by atoms with van der Waals surface area (Å²) in [6.07, 6.45) is 0. The second-order valence-electron chi connectivity index (χ2n) is 8.34. The highest BCUT2D eigenvalue weighted by atomic mass is 35.5. The van der Waals surface area contributed by atoms with E-state index < -0.39 is 5.79 Å². The number of thiazole rings is 1. The van der Waals surface area contributed by atoms with Gasteiger partial charge >= 0.3 is 0 Å². The molecule has 3 heterocycles. The first kappa shape index (κ1) is 23.2. The number of benzene rings is 2. The predicted molar refractivity (Wildman–Crippen MR) is 127 cm³/mol. The molecular formula is C24H23ClFN3O4S. The van der Waals surface area contributed by atoms with Gasteiger partial charge in [-0.05, 0) is 36.4 Å². The summed E-state index contributed by atoms with van der Waals surface area (Å²) >= 11 is 7.72. The Kier molecular flexibility index (Phi) is 6.30. The number of fused-ring (bicyclic) bond motifs is 1. The predicted octanol–water partition coefficient (Wildman–Crippen LogP) is 3.61. The maximum absolute atomic E-state index is 13.2. The van der Waals surface area contributed by atoms with Crippen molar-refractivity contribution in [1.29, 1.82) is 0 Å². The third-order valence-corrected chi connectivity index (χ3v) is 7.51. The number of morpholine rings is 1. The zero-order valence-electron chi connectivity index (χ0n) is 18.4. The molecule has 0 aliphatic carbocycles. The van der Waals surface area contributed by atoms with Crippen LogP contribution in [0.1, 0.15) is 16.1 Å². The Morgan fingerprint density at radius 2 is 2.09 bits per heavy atom. The SMILES string of the molecule is COc1cccc(C(=O)N2CCN3C[C@@](O)(c4csc(-c5ccc(F)cc5)n4)OC[C@@H]3C2)c1Cl. The van der Waals surface area contributed by atoms with Gasteiger partial charge in [0.05, 0.1) is 36.9 Å². The number of carbonyl (C=O) groups is 1. The van der Waals surface area contributed by atoms with E-state index in [1.54, 1.807) is 40.6 Å². The minimum Gasteiger partial charge on any atom is -0.495 e. The normalized spacial score (nSPS) is 22.9. The number of ether oxygens (including phenoxy) is 2. The van der Waals surface area contributed by atoms with Crippen molar-refractivity contribution in [3.05, 3.63) is 69.9 Å². The van der Waals surface area contributed by atoms with Gasteiger partial charge in [0.25, 0.3) is 5.91 Å². The molecule has 2 aliphatic rings. The van der Waals surface area contributed by atoms with Gasteiger partial charge in [0.1, 0.15) is 22.3 Å². The molecule has 1 aromatic heterocycles. The van der Waals surface area contributed by atoms with Crippen molar-refractivity contribution >= 4 is 28.8 Å². The second kappa shape index (κ2) is 9.24. The number of nitrogens with zero attached hydrogens (tertiary/aromatic N) is 3. The molecule has 2 saturated heterocycles. The molecule has 0 radical (unpaired) electrons. The molecule has 2 fully saturated rings. The Hall–Kier alpha value is -2.56. The molecule has 0 saturated carbocycles. The van der Waals surface area contributed by atoms with E-state index in [1.165, 1.54) is 30.6 Å². The molecule has 2 atom stereocenters. The molecule has 5 rings (SSSR count). The number of hydrogen-bond donors (Lipinski definition) is 1. The third kappa shape index (κ3) is 4.30. The van der Waals surface area contributed by atoms with E-state index in [0.717, 1.165) is 5.56 Å². The van der Waals surface area contributed by atoms with Gasteiger partial charge < -0.3 is 19.5 Å². The molecule has 0 unspecified atom stereocenters. The number of piperazine rings is 1. The first-order chi connectivity index (χ1) is 16.4. The standard InChI is InChI=1S/C24H23ClFN3O4S/c1-32-19-4-2-3-18(21(19)25)23(30)28-9-10-29-14-24(31,33-12-17(29)11-28)20-13-34-22(27-20)15-5-7-16(26)8-6-15/h2-8,13,17,31H,9-12,14H2,1H3/t17-,24-/m0/s1. The van der Waals surface area contributed by atoms with E-state index in [1.807, 2.05) is 0 Å². The number of methoxy groups -OCH3 is 1. The van der Waals surface area contributed by atoms with Gasteiger partial charge in [-0.15, -0.1) is 11.3 Å². The monoisotopic (exact) mass is 503 g/mol. The summed E-state index contributed by atoms with van der Waals surface area (Å²) in [6.45, 7) is 2.03. The van der Waals surface area contributed by atoms with Crippen molar-refractivity contribution in [2.24, 2.45) is 0 Å². The summed E-state index contributed by atoms with van der Waals surface area (Å²) in [7, 11) is 1.51. The van der Waals surface area contributed by atoms with Crippen molar-refractivity contribution in [2.75, 3.05) is 39.9 Å². The lowest BCUT2D eigenvalue weighted by atomic mass is 10.0. The third-order valence-electron chi connectivity index (χ3n) is 6.23. The quantitative estimate of drug-likeness (QED) is 0.586. The minimum absolute atomic E-state index is 0.0578. The topological polar surface area (TPSA) is 75.1 Å². The van der Waals surface area contributed by atoms with Gasteiger partial charge in [0.2, 0.25) is 5.79 Å². The Labute approximate surface area is 205 Å². The van der Waals surface area contributed by atoms with Crippen LogP contribution in [-0.4, -0.2) is 71.7 Å². The highest BCUT2D eigenvalue weighted by Crippen LogP contribution is 2.35. The summed E-state index contributed by atoms with van der Waals surface area (Å²) in [4.78, 5) is 21.5. The zero-order valence-corrected chi connectivity index (χ0v) is 20.0. The van der Waals surface area contributed by atoms with Crippen LogP contribution in [0, 0.1) is 5.82 Å². The Bertz CT molecular complexity index is 1210. The number of amides is 1. The molecule has 0 spiro atoms. The first-order valence-electron chi connectivity index (χ1n) is 10.8. The van der Waals surface area contributed by atoms with Crippen molar-refractivity contribution in [2.45, 2.75) is 11.8 Å². The van der Waals surface area contributed by atoms with Gasteiger partial charge in [0, 0.05) is 30.6 Å². The van der Waals surface area contributed by atoms with Gasteiger partial charge in [0.15, 0.2) is 0 Å². The first-order valence-corrected chi connectivity index (χ1v) is 12.1. The average molecular weight is 504 g/mol. The van der Waals surface area contributed by atoms with Crippen LogP contribution in [0.3, 0.4) is 0 Å². The van der Waals surface area contributed by atoms with E-state index in [2.05, 4.69) is 9.88 Å². The lowest BCUT2D eigenvalue weighted by Crippen LogP contribution is -2.63. The maximum Gasteiger partial charge on any atom is 0.255 e. The maximum atomic E-state index is 13.2. The van der Waals surface area contributed by atoms with E-state index in [0.29, 0.717) is 46.7 Å². The highest BCUT2D eigenvalue weighted by Gasteiger charge is 2.45. The van der Waals surface area contributed by atoms with Crippen LogP contribution in [0.2, 0.25) is 5.02 Å². The zero-order chi connectivity index (χ0) is 23.9. The van der Waals surface area contributed by atoms with E-state index in [4.69, 9.17) is 21.1 Å². The van der Waals surface area contributed by atoms with E-state index in [-0.39, 0.29) is 30.9 Å². The summed E-state index contributed by atoms with van der Waals surface area (Å²) in [5, 5.41) is 14.0. The van der Waals surface area contributed by atoms with Crippen LogP contribution in [0.4, 0.5) is 4.39 Å². The Balaban J connectivity index is 1.27. The number of aliphatic hydroxyl groups is 1. The molecule has 1 N–H and O–H groups in total. The van der Waals surface area contributed by atoms with Crippen molar-refractivity contribution in [3.63, 3.8) is 0 Å². The minimum atomic E-state index is -1.55. The van der Waals surface area contributed by atoms with E-state index in [9.17, 15) is 14.3 Å². The largest absolute Gasteiger partial charge is 0.495 e. The van der Waals surface area contributed by atoms with Crippen molar-refractivity contribution in [1.82, 2.24) is 14.8 Å². The van der Waals surface area contributed by atoms with Gasteiger partial charge in [-0.2, -0.15) is 0 Å². The number of halogens is 2. The van der Waals surface area contributed by atoms with Gasteiger partial charge in [-0.3, -0.25) is 9.69 Å². The van der Waals surface area contributed by atoms with Gasteiger partial charge in [-0.1, -0.05) is 17.7 Å². The lowest BCUT2D eigenvalue weighted by Gasteiger charge is -2.48. The van der Waals surface area contributed by atoms with Crippen LogP contribution in [0.25, 0.3) is 10.6 Å². The van der Waals surface area contributed by atoms with Crippen molar-refractivity contribution in [3.8, 4) is 16.3 Å². The molecule has 2 aliphatic heterocycles. The van der Waals surface area contributed by atoms with Crippen LogP contribution in [0.15, 0.2) is 47.8 Å². The number of aromatic nitrogens is 1. The number of rotatable bonds is 4. The molecular weight excluding hydrogens is 481 g/mol. The van der Waals surface area contributed by atoms with Crippen LogP contribution >= 0.6 is 22.9 Å². The molecule has 2 aromatic carbocycles. The highest BCUT2D eigenvalue weighted by molar-refractivity contribution is 7.13. The molecule has 3 aromatic rings. The Morgan fingerprint density at radius 1 is 1.29 bits per heavy atom. The molecule has 7 nitrogen and oxygen atoms in total. The van der Waals surface area contributed by atoms with Gasteiger partial charge in [-0.25, -0.2) is 9.37 Å². The fraction of sp³-hybridized carbons (Fsp3) is 0.333. The molecule has 0 bridgehead atoms. The fourth-order valence-electron chi connectivity index (χ4n) is 4.34. The smallest absolute Gasteiger partial charge is 0.255 e. The molecule has 1 amide bonds. The van der Waals surface area contributed by atoms with Crippen molar-refractivity contribution < 1.29 is 23.8 Å².